The van der Waals surface area contributed by atoms with Gasteiger partial charge >= 0.3 is 255 Å². The molecule has 0 aliphatic carbocycles. The fraction of sp³-hybridized carbons (Fsp3) is 0.226. The Morgan fingerprint density at radius 1 is 0.550 bits per heavy atom. The van der Waals surface area contributed by atoms with Gasteiger partial charge < -0.3 is 0 Å². The molecule has 0 saturated carbocycles. The van der Waals surface area contributed by atoms with Crippen molar-refractivity contribution < 1.29 is 33.7 Å². The summed E-state index contributed by atoms with van der Waals surface area (Å²) in [6.07, 6.45) is 1.68. The number of methoxy groups -OCH3 is 4. The van der Waals surface area contributed by atoms with E-state index < -0.39 is 30.6 Å². The van der Waals surface area contributed by atoms with Gasteiger partial charge in [-0.15, -0.1) is 0 Å². The Bertz CT molecular complexity index is 1300. The molecule has 0 aliphatic heterocycles. The Kier molecular flexibility index (Phi) is 12.0. The molecule has 0 aliphatic rings. The second kappa shape index (κ2) is 15.4. The van der Waals surface area contributed by atoms with E-state index in [2.05, 4.69) is 36.4 Å². The molecule has 4 aromatic carbocycles. The monoisotopic (exact) mass is 707 g/mol. The van der Waals surface area contributed by atoms with Crippen LogP contribution in [0, 0.1) is 0 Å². The molecule has 4 nitrogen and oxygen atoms in total. The topological polar surface area (TPSA) is 36.9 Å². The van der Waals surface area contributed by atoms with Gasteiger partial charge in [-0.05, 0) is 0 Å². The first-order valence-electron chi connectivity index (χ1n) is 12.6. The van der Waals surface area contributed by atoms with Crippen LogP contribution >= 0.6 is 34.9 Å². The molecule has 40 heavy (non-hydrogen) atoms. The first kappa shape index (κ1) is 31.1. The van der Waals surface area contributed by atoms with Crippen molar-refractivity contribution in [1.82, 2.24) is 0 Å². The molecule has 0 fully saturated rings. The van der Waals surface area contributed by atoms with Gasteiger partial charge in [-0.25, -0.2) is 0 Å². The molecular formula is C31H33Cl2O4P2Pd. The van der Waals surface area contributed by atoms with Gasteiger partial charge in [0.15, 0.2) is 0 Å². The van der Waals surface area contributed by atoms with Crippen molar-refractivity contribution >= 4 is 56.1 Å². The van der Waals surface area contributed by atoms with Gasteiger partial charge in [0.25, 0.3) is 0 Å². The molecule has 0 bridgehead atoms. The fourth-order valence-electron chi connectivity index (χ4n) is 4.64. The summed E-state index contributed by atoms with van der Waals surface area (Å²) in [5.74, 6) is 3.41. The first-order chi connectivity index (χ1) is 19.5. The molecule has 0 saturated heterocycles. The average Bonchev–Trinajstić information content (AvgIpc) is 3.01. The Balaban J connectivity index is 1.82. The van der Waals surface area contributed by atoms with Crippen molar-refractivity contribution in [2.75, 3.05) is 34.6 Å². The van der Waals surface area contributed by atoms with Gasteiger partial charge in [-0.1, -0.05) is 0 Å². The van der Waals surface area contributed by atoms with Crippen LogP contribution in [-0.2, 0) is 14.7 Å². The van der Waals surface area contributed by atoms with Gasteiger partial charge in [-0.3, -0.25) is 0 Å². The number of hydrogen-bond acceptors (Lipinski definition) is 4. The molecule has 0 amide bonds. The van der Waals surface area contributed by atoms with E-state index in [0.29, 0.717) is 0 Å². The third-order valence-electron chi connectivity index (χ3n) is 6.44. The van der Waals surface area contributed by atoms with Crippen LogP contribution in [0.2, 0.25) is 0 Å². The molecule has 0 spiro atoms. The third kappa shape index (κ3) is 7.14. The van der Waals surface area contributed by atoms with E-state index >= 15 is 0 Å². The molecule has 1 unspecified atom stereocenters. The first-order valence-corrected chi connectivity index (χ1v) is 20.4. The Hall–Kier alpha value is -1.82. The van der Waals surface area contributed by atoms with Gasteiger partial charge in [0.1, 0.15) is 0 Å². The number of hydrogen-bond donors (Lipinski definition) is 0. The zero-order valence-electron chi connectivity index (χ0n) is 22.8. The number of para-hydroxylation sites is 4. The minimum absolute atomic E-state index is 0.0337. The van der Waals surface area contributed by atoms with Crippen LogP contribution in [0.1, 0.15) is 6.42 Å². The van der Waals surface area contributed by atoms with Crippen molar-refractivity contribution in [3.8, 4) is 23.0 Å². The number of ether oxygens (including phenoxy) is 4. The molecule has 0 heterocycles. The van der Waals surface area contributed by atoms with Crippen LogP contribution in [0.15, 0.2) is 97.1 Å². The standard InChI is InChI=1S/C31H33O4P2.2ClH.Pd/c1-32-24-14-5-9-18-28(24)36(29-19-10-6-15-25(29)33-2)22-13-23-37(30-20-11-7-16-26(30)34-3)31-21-12-8-17-27(31)35-4;;;/h5-12,14-22H,13,23H2,1-4H3;2*1H;/q;;;+2/p-2. The third-order valence-corrected chi connectivity index (χ3v) is 18.1. The zero-order valence-corrected chi connectivity index (χ0v) is 27.7. The molecule has 215 valence electrons. The van der Waals surface area contributed by atoms with Crippen molar-refractivity contribution in [3.63, 3.8) is 0 Å². The number of halogens is 2. The number of rotatable bonds is 13. The van der Waals surface area contributed by atoms with Gasteiger partial charge in [-0.2, -0.15) is 0 Å². The number of benzene rings is 4. The molecule has 0 aromatic heterocycles. The van der Waals surface area contributed by atoms with E-state index in [1.807, 2.05) is 60.7 Å². The summed E-state index contributed by atoms with van der Waals surface area (Å²) in [7, 11) is 19.0. The van der Waals surface area contributed by atoms with Crippen LogP contribution in [0.25, 0.3) is 0 Å². The predicted octanol–water partition coefficient (Wildman–Crippen LogP) is 6.93. The quantitative estimate of drug-likeness (QED) is 0.112. The molecule has 9 heteroatoms. The summed E-state index contributed by atoms with van der Waals surface area (Å²) in [6, 6.07) is 32.8. The van der Waals surface area contributed by atoms with Crippen LogP contribution in [-0.4, -0.2) is 38.7 Å². The van der Waals surface area contributed by atoms with Crippen LogP contribution in [0.5, 0.6) is 23.0 Å². The van der Waals surface area contributed by atoms with Crippen LogP contribution in [0.4, 0.5) is 0 Å². The van der Waals surface area contributed by atoms with E-state index in [9.17, 15) is 0 Å². The summed E-state index contributed by atoms with van der Waals surface area (Å²) >= 11 is -1.97. The van der Waals surface area contributed by atoms with Crippen LogP contribution in [0.3, 0.4) is 0 Å². The van der Waals surface area contributed by atoms with Gasteiger partial charge in [0, 0.05) is 0 Å². The Morgan fingerprint density at radius 2 is 0.875 bits per heavy atom. The normalized spacial score (nSPS) is 12.2. The molecule has 0 N–H and O–H groups in total. The maximum absolute atomic E-state index is 7.00. The second-order valence-corrected chi connectivity index (χ2v) is 19.6. The van der Waals surface area contributed by atoms with Gasteiger partial charge in [0.05, 0.1) is 0 Å². The molecular weight excluding hydrogens is 676 g/mol. The summed E-state index contributed by atoms with van der Waals surface area (Å²) in [6.45, 7) is 0. The van der Waals surface area contributed by atoms with Crippen molar-refractivity contribution in [3.05, 3.63) is 97.1 Å². The minimum atomic E-state index is -1.97. The predicted molar refractivity (Wildman–Crippen MR) is 169 cm³/mol. The Morgan fingerprint density at radius 3 is 1.23 bits per heavy atom. The maximum atomic E-state index is 7.00. The van der Waals surface area contributed by atoms with Crippen molar-refractivity contribution in [2.45, 2.75) is 10.6 Å². The average molecular weight is 709 g/mol. The van der Waals surface area contributed by atoms with Crippen molar-refractivity contribution in [1.29, 1.82) is 0 Å². The van der Waals surface area contributed by atoms with E-state index in [-0.39, 0.29) is 4.13 Å². The SMILES string of the molecule is COc1ccccc1P(CC[CH](P(c1ccccc1OC)c1ccccc1OC)[Pd]([Cl])[Cl])c1ccccc1OC. The Labute approximate surface area is 253 Å². The van der Waals surface area contributed by atoms with E-state index in [4.69, 9.17) is 38.0 Å². The van der Waals surface area contributed by atoms with E-state index in [0.717, 1.165) is 46.2 Å². The summed E-state index contributed by atoms with van der Waals surface area (Å²) in [4.78, 5) is 0. The molecule has 1 atom stereocenters. The molecule has 4 aromatic rings. The zero-order chi connectivity index (χ0) is 28.5. The molecule has 0 radical (unpaired) electrons. The van der Waals surface area contributed by atoms with Crippen molar-refractivity contribution in [2.24, 2.45) is 0 Å². The van der Waals surface area contributed by atoms with Gasteiger partial charge in [0.2, 0.25) is 0 Å². The second-order valence-electron chi connectivity index (χ2n) is 8.57. The van der Waals surface area contributed by atoms with E-state index in [1.165, 1.54) is 10.6 Å². The van der Waals surface area contributed by atoms with Crippen LogP contribution < -0.4 is 40.2 Å². The van der Waals surface area contributed by atoms with E-state index in [1.54, 1.807) is 28.4 Å². The fourth-order valence-corrected chi connectivity index (χ4v) is 16.2. The summed E-state index contributed by atoms with van der Waals surface area (Å²) in [5, 5.41) is 4.56. The summed E-state index contributed by atoms with van der Waals surface area (Å²) in [5.41, 5.74) is 0. The molecule has 4 rings (SSSR count). The summed E-state index contributed by atoms with van der Waals surface area (Å²) < 4.78 is 23.4.